The minimum absolute atomic E-state index is 0.0919. The molecule has 0 saturated carbocycles. The minimum atomic E-state index is -4.45. The highest BCUT2D eigenvalue weighted by Gasteiger charge is 2.31. The number of aliphatic hydroxyl groups is 1. The molecule has 0 aromatic carbocycles. The summed E-state index contributed by atoms with van der Waals surface area (Å²) in [5.41, 5.74) is -0.890. The fourth-order valence-corrected chi connectivity index (χ4v) is 1.43. The summed E-state index contributed by atoms with van der Waals surface area (Å²) < 4.78 is 36.9. The maximum Gasteiger partial charge on any atom is 0.417 e. The van der Waals surface area contributed by atoms with Crippen LogP contribution in [0.25, 0.3) is 0 Å². The Hall–Kier alpha value is -1.01. The lowest BCUT2D eigenvalue weighted by Crippen LogP contribution is -2.23. The van der Waals surface area contributed by atoms with Crippen molar-refractivity contribution in [2.24, 2.45) is 0 Å². The molecule has 0 amide bonds. The Morgan fingerprint density at radius 1 is 1.50 bits per heavy atom. The van der Waals surface area contributed by atoms with Crippen molar-refractivity contribution in [1.82, 2.24) is 4.98 Å². The van der Waals surface area contributed by atoms with Crippen molar-refractivity contribution in [3.05, 3.63) is 22.8 Å². The van der Waals surface area contributed by atoms with Crippen LogP contribution in [-0.2, 0) is 6.18 Å². The minimum Gasteiger partial charge on any atom is -0.395 e. The van der Waals surface area contributed by atoms with Crippen LogP contribution in [0.4, 0.5) is 19.0 Å². The molecule has 0 bridgehead atoms. The summed E-state index contributed by atoms with van der Waals surface area (Å²) in [5, 5.41) is 8.59. The Morgan fingerprint density at radius 2 is 2.12 bits per heavy atom. The zero-order valence-electron chi connectivity index (χ0n) is 8.42. The molecule has 0 atom stereocenters. The Balaban J connectivity index is 3.00. The molecule has 1 aromatic rings. The van der Waals surface area contributed by atoms with E-state index in [1.807, 2.05) is 0 Å². The van der Waals surface area contributed by atoms with Crippen molar-refractivity contribution in [1.29, 1.82) is 0 Å². The molecule has 0 aliphatic rings. The van der Waals surface area contributed by atoms with Gasteiger partial charge in [-0.1, -0.05) is 11.6 Å². The summed E-state index contributed by atoms with van der Waals surface area (Å²) in [7, 11) is 1.58. The number of aliphatic hydroxyl groups excluding tert-OH is 1. The lowest BCUT2D eigenvalue weighted by Gasteiger charge is -2.18. The highest BCUT2D eigenvalue weighted by atomic mass is 35.5. The lowest BCUT2D eigenvalue weighted by atomic mass is 10.2. The van der Waals surface area contributed by atoms with Crippen LogP contribution < -0.4 is 4.90 Å². The Bertz CT molecular complexity index is 370. The summed E-state index contributed by atoms with van der Waals surface area (Å²) in [6.07, 6.45) is -3.74. The number of hydrogen-bond donors (Lipinski definition) is 1. The van der Waals surface area contributed by atoms with Crippen molar-refractivity contribution in [2.75, 3.05) is 25.1 Å². The van der Waals surface area contributed by atoms with Gasteiger partial charge in [0.15, 0.2) is 0 Å². The zero-order chi connectivity index (χ0) is 12.3. The molecular formula is C9H10ClF3N2O. The van der Waals surface area contributed by atoms with Gasteiger partial charge >= 0.3 is 6.18 Å². The Morgan fingerprint density at radius 3 is 2.56 bits per heavy atom. The third kappa shape index (κ3) is 2.99. The molecule has 0 aliphatic heterocycles. The van der Waals surface area contributed by atoms with Gasteiger partial charge in [0.1, 0.15) is 5.82 Å². The molecule has 0 spiro atoms. The fourth-order valence-electron chi connectivity index (χ4n) is 1.12. The average molecular weight is 255 g/mol. The molecule has 1 rings (SSSR count). The maximum absolute atomic E-state index is 12.3. The largest absolute Gasteiger partial charge is 0.417 e. The van der Waals surface area contributed by atoms with Gasteiger partial charge in [0.05, 0.1) is 17.2 Å². The number of nitrogens with zero attached hydrogens (tertiary/aromatic N) is 2. The standard InChI is InChI=1S/C9H10ClF3N2O/c1-15(2-3-16)8-7(10)4-6(5-14-8)9(11,12)13/h4-5,16H,2-3H2,1H3. The average Bonchev–Trinajstić information content (AvgIpc) is 2.16. The van der Waals surface area contributed by atoms with Gasteiger partial charge in [0.25, 0.3) is 0 Å². The quantitative estimate of drug-likeness (QED) is 0.898. The van der Waals surface area contributed by atoms with Gasteiger partial charge in [-0.15, -0.1) is 0 Å². The highest BCUT2D eigenvalue weighted by Crippen LogP contribution is 2.33. The van der Waals surface area contributed by atoms with E-state index < -0.39 is 11.7 Å². The molecule has 1 aromatic heterocycles. The number of rotatable bonds is 3. The first-order valence-electron chi connectivity index (χ1n) is 4.41. The number of likely N-dealkylation sites (N-methyl/N-ethyl adjacent to an activating group) is 1. The molecular weight excluding hydrogens is 245 g/mol. The predicted molar refractivity (Wildman–Crippen MR) is 54.6 cm³/mol. The fraction of sp³-hybridized carbons (Fsp3) is 0.444. The van der Waals surface area contributed by atoms with Crippen molar-refractivity contribution in [3.8, 4) is 0 Å². The van der Waals surface area contributed by atoms with Gasteiger partial charge in [-0.05, 0) is 6.07 Å². The van der Waals surface area contributed by atoms with E-state index in [0.29, 0.717) is 0 Å². The van der Waals surface area contributed by atoms with E-state index in [1.165, 1.54) is 4.90 Å². The first-order valence-corrected chi connectivity index (χ1v) is 4.79. The van der Waals surface area contributed by atoms with Crippen molar-refractivity contribution >= 4 is 17.4 Å². The van der Waals surface area contributed by atoms with Crippen molar-refractivity contribution in [3.63, 3.8) is 0 Å². The van der Waals surface area contributed by atoms with Crippen LogP contribution >= 0.6 is 11.6 Å². The van der Waals surface area contributed by atoms with Crippen LogP contribution in [0.2, 0.25) is 5.02 Å². The van der Waals surface area contributed by atoms with Crippen molar-refractivity contribution < 1.29 is 18.3 Å². The van der Waals surface area contributed by atoms with Gasteiger partial charge in [0.2, 0.25) is 0 Å². The topological polar surface area (TPSA) is 36.4 Å². The third-order valence-electron chi connectivity index (χ3n) is 1.95. The molecule has 0 radical (unpaired) electrons. The zero-order valence-corrected chi connectivity index (χ0v) is 9.18. The van der Waals surface area contributed by atoms with Crippen LogP contribution in [0.3, 0.4) is 0 Å². The summed E-state index contributed by atoms with van der Waals surface area (Å²) >= 11 is 5.68. The second kappa shape index (κ2) is 4.88. The SMILES string of the molecule is CN(CCO)c1ncc(C(F)(F)F)cc1Cl. The lowest BCUT2D eigenvalue weighted by molar-refractivity contribution is -0.137. The van der Waals surface area contributed by atoms with Gasteiger partial charge < -0.3 is 10.0 Å². The smallest absolute Gasteiger partial charge is 0.395 e. The molecule has 3 nitrogen and oxygen atoms in total. The van der Waals surface area contributed by atoms with E-state index >= 15 is 0 Å². The summed E-state index contributed by atoms with van der Waals surface area (Å²) in [6, 6.07) is 0.817. The maximum atomic E-state index is 12.3. The van der Waals surface area contributed by atoms with Crippen LogP contribution in [-0.4, -0.2) is 30.3 Å². The summed E-state index contributed by atoms with van der Waals surface area (Å²) in [5.74, 6) is 0.212. The van der Waals surface area contributed by atoms with E-state index in [4.69, 9.17) is 16.7 Å². The number of pyridine rings is 1. The molecule has 16 heavy (non-hydrogen) atoms. The van der Waals surface area contributed by atoms with E-state index in [0.717, 1.165) is 12.3 Å². The van der Waals surface area contributed by atoms with Crippen molar-refractivity contribution in [2.45, 2.75) is 6.18 Å². The number of anilines is 1. The second-order valence-corrected chi connectivity index (χ2v) is 3.58. The molecule has 1 N–H and O–H groups in total. The molecule has 7 heteroatoms. The van der Waals surface area contributed by atoms with E-state index in [9.17, 15) is 13.2 Å². The van der Waals surface area contributed by atoms with Crippen LogP contribution in [0, 0.1) is 0 Å². The van der Waals surface area contributed by atoms with Crippen LogP contribution in [0.5, 0.6) is 0 Å². The highest BCUT2D eigenvalue weighted by molar-refractivity contribution is 6.33. The number of alkyl halides is 3. The summed E-state index contributed by atoms with van der Waals surface area (Å²) in [6.45, 7) is 0.119. The van der Waals surface area contributed by atoms with Crippen LogP contribution in [0.1, 0.15) is 5.56 Å². The van der Waals surface area contributed by atoms with Gasteiger partial charge in [0, 0.05) is 19.8 Å². The third-order valence-corrected chi connectivity index (χ3v) is 2.22. The molecule has 1 heterocycles. The first-order chi connectivity index (χ1) is 7.36. The number of halogens is 4. The second-order valence-electron chi connectivity index (χ2n) is 3.17. The monoisotopic (exact) mass is 254 g/mol. The number of hydrogen-bond acceptors (Lipinski definition) is 3. The Kier molecular flexibility index (Phi) is 3.98. The number of aromatic nitrogens is 1. The molecule has 0 fully saturated rings. The van der Waals surface area contributed by atoms with Crippen LogP contribution in [0.15, 0.2) is 12.3 Å². The molecule has 0 saturated heterocycles. The van der Waals surface area contributed by atoms with E-state index in [2.05, 4.69) is 4.98 Å². The van der Waals surface area contributed by atoms with Gasteiger partial charge in [-0.25, -0.2) is 4.98 Å². The predicted octanol–water partition coefficient (Wildman–Crippen LogP) is 2.18. The van der Waals surface area contributed by atoms with E-state index in [1.54, 1.807) is 7.05 Å². The molecule has 0 unspecified atom stereocenters. The normalized spacial score (nSPS) is 11.6. The van der Waals surface area contributed by atoms with Gasteiger partial charge in [-0.3, -0.25) is 0 Å². The molecule has 0 aliphatic carbocycles. The van der Waals surface area contributed by atoms with Gasteiger partial charge in [-0.2, -0.15) is 13.2 Å². The summed E-state index contributed by atoms with van der Waals surface area (Å²) in [4.78, 5) is 5.10. The Labute approximate surface area is 95.5 Å². The first kappa shape index (κ1) is 13.1. The van der Waals surface area contributed by atoms with E-state index in [-0.39, 0.29) is 24.0 Å². The molecule has 90 valence electrons.